The van der Waals surface area contributed by atoms with Crippen LogP contribution in [0, 0.1) is 5.82 Å². The zero-order valence-electron chi connectivity index (χ0n) is 12.4. The summed E-state index contributed by atoms with van der Waals surface area (Å²) < 4.78 is 40.0. The van der Waals surface area contributed by atoms with Gasteiger partial charge in [0.2, 0.25) is 5.91 Å². The Morgan fingerprint density at radius 1 is 1.17 bits per heavy atom. The molecule has 0 aliphatic carbocycles. The Kier molecular flexibility index (Phi) is 4.91. The van der Waals surface area contributed by atoms with Crippen LogP contribution in [0.5, 0.6) is 0 Å². The number of amides is 1. The summed E-state index contributed by atoms with van der Waals surface area (Å²) in [5, 5.41) is -0.177. The third-order valence-corrected chi connectivity index (χ3v) is 4.87. The second kappa shape index (κ2) is 6.55. The topological polar surface area (TPSA) is 66.5 Å². The van der Waals surface area contributed by atoms with Crippen LogP contribution < -0.4 is 9.62 Å². The van der Waals surface area contributed by atoms with Crippen LogP contribution in [0.25, 0.3) is 0 Å². The summed E-state index contributed by atoms with van der Waals surface area (Å²) in [5.74, 6) is -0.800. The third kappa shape index (κ3) is 4.00. The highest BCUT2D eigenvalue weighted by molar-refractivity contribution is 7.92. The molecule has 0 saturated carbocycles. The van der Waals surface area contributed by atoms with Gasteiger partial charge in [-0.25, -0.2) is 12.8 Å². The van der Waals surface area contributed by atoms with Crippen molar-refractivity contribution in [3.63, 3.8) is 0 Å². The molecular formula is C15H14ClFN2O3S. The summed E-state index contributed by atoms with van der Waals surface area (Å²) in [4.78, 5) is 12.7. The first kappa shape index (κ1) is 17.2. The SMILES string of the molecule is CC(=O)N(C)c1ccc(S(=O)(=O)Nc2ccc(F)c(Cl)c2)cc1. The molecule has 2 rings (SSSR count). The van der Waals surface area contributed by atoms with E-state index in [1.807, 2.05) is 0 Å². The Morgan fingerprint density at radius 2 is 1.78 bits per heavy atom. The first-order valence-corrected chi connectivity index (χ1v) is 8.39. The lowest BCUT2D eigenvalue weighted by atomic mass is 10.3. The van der Waals surface area contributed by atoms with E-state index in [9.17, 15) is 17.6 Å². The second-order valence-corrected chi connectivity index (χ2v) is 6.90. The number of hydrogen-bond acceptors (Lipinski definition) is 3. The molecule has 0 bridgehead atoms. The molecule has 23 heavy (non-hydrogen) atoms. The second-order valence-electron chi connectivity index (χ2n) is 4.81. The number of benzene rings is 2. The number of carbonyl (C=O) groups excluding carboxylic acids is 1. The maximum Gasteiger partial charge on any atom is 0.261 e. The Morgan fingerprint density at radius 3 is 2.30 bits per heavy atom. The lowest BCUT2D eigenvalue weighted by molar-refractivity contribution is -0.116. The standard InChI is InChI=1S/C15H14ClFN2O3S/c1-10(20)19(2)12-4-6-13(7-5-12)23(21,22)18-11-3-8-15(17)14(16)9-11/h3-9,18H,1-2H3. The van der Waals surface area contributed by atoms with Gasteiger partial charge in [-0.15, -0.1) is 0 Å². The van der Waals surface area contributed by atoms with Gasteiger partial charge in [-0.1, -0.05) is 11.6 Å². The fraction of sp³-hybridized carbons (Fsp3) is 0.133. The van der Waals surface area contributed by atoms with E-state index < -0.39 is 15.8 Å². The molecule has 0 heterocycles. The maximum atomic E-state index is 13.1. The van der Waals surface area contributed by atoms with Gasteiger partial charge in [-0.05, 0) is 42.5 Å². The maximum absolute atomic E-state index is 13.1. The van der Waals surface area contributed by atoms with Crippen molar-refractivity contribution >= 4 is 38.9 Å². The predicted molar refractivity (Wildman–Crippen MR) is 87.7 cm³/mol. The Bertz CT molecular complexity index is 838. The first-order valence-electron chi connectivity index (χ1n) is 6.53. The monoisotopic (exact) mass is 356 g/mol. The minimum absolute atomic E-state index is 0.0126. The van der Waals surface area contributed by atoms with Crippen molar-refractivity contribution in [3.8, 4) is 0 Å². The third-order valence-electron chi connectivity index (χ3n) is 3.18. The summed E-state index contributed by atoms with van der Waals surface area (Å²) in [6.07, 6.45) is 0. The normalized spacial score (nSPS) is 11.1. The highest BCUT2D eigenvalue weighted by Crippen LogP contribution is 2.23. The van der Waals surface area contributed by atoms with Gasteiger partial charge in [-0.3, -0.25) is 9.52 Å². The number of rotatable bonds is 4. The fourth-order valence-electron chi connectivity index (χ4n) is 1.80. The minimum Gasteiger partial charge on any atom is -0.316 e. The first-order chi connectivity index (χ1) is 10.7. The van der Waals surface area contributed by atoms with Crippen molar-refractivity contribution < 1.29 is 17.6 Å². The number of carbonyl (C=O) groups is 1. The number of hydrogen-bond donors (Lipinski definition) is 1. The molecular weight excluding hydrogens is 343 g/mol. The van der Waals surface area contributed by atoms with E-state index in [1.165, 1.54) is 48.2 Å². The van der Waals surface area contributed by atoms with E-state index in [2.05, 4.69) is 4.72 Å². The molecule has 0 fully saturated rings. The molecule has 1 N–H and O–H groups in total. The van der Waals surface area contributed by atoms with Crippen LogP contribution in [0.4, 0.5) is 15.8 Å². The van der Waals surface area contributed by atoms with Gasteiger partial charge < -0.3 is 4.90 Å². The summed E-state index contributed by atoms with van der Waals surface area (Å²) in [6, 6.07) is 9.33. The van der Waals surface area contributed by atoms with Crippen molar-refractivity contribution in [3.05, 3.63) is 53.3 Å². The molecule has 0 radical (unpaired) electrons. The number of sulfonamides is 1. The molecule has 0 saturated heterocycles. The van der Waals surface area contributed by atoms with E-state index >= 15 is 0 Å². The van der Waals surface area contributed by atoms with Gasteiger partial charge in [0.15, 0.2) is 0 Å². The number of nitrogens with one attached hydrogen (secondary N) is 1. The van der Waals surface area contributed by atoms with Crippen LogP contribution in [0.2, 0.25) is 5.02 Å². The van der Waals surface area contributed by atoms with Gasteiger partial charge >= 0.3 is 0 Å². The molecule has 1 amide bonds. The molecule has 0 atom stereocenters. The number of anilines is 2. The smallest absolute Gasteiger partial charge is 0.261 e. The van der Waals surface area contributed by atoms with Crippen LogP contribution in [0.3, 0.4) is 0 Å². The van der Waals surface area contributed by atoms with Crippen LogP contribution in [-0.2, 0) is 14.8 Å². The van der Waals surface area contributed by atoms with Crippen molar-refractivity contribution in [2.45, 2.75) is 11.8 Å². The molecule has 122 valence electrons. The number of nitrogens with zero attached hydrogens (tertiary/aromatic N) is 1. The molecule has 2 aromatic carbocycles. The van der Waals surface area contributed by atoms with Crippen molar-refractivity contribution in [1.29, 1.82) is 0 Å². The van der Waals surface area contributed by atoms with Gasteiger partial charge in [0, 0.05) is 19.7 Å². The van der Waals surface area contributed by atoms with Gasteiger partial charge in [-0.2, -0.15) is 0 Å². The zero-order chi connectivity index (χ0) is 17.2. The van der Waals surface area contributed by atoms with Crippen LogP contribution in [0.1, 0.15) is 6.92 Å². The Hall–Kier alpha value is -2.12. The summed E-state index contributed by atoms with van der Waals surface area (Å²) in [5.41, 5.74) is 0.725. The highest BCUT2D eigenvalue weighted by atomic mass is 35.5. The van der Waals surface area contributed by atoms with E-state index in [-0.39, 0.29) is 21.5 Å². The predicted octanol–water partition coefficient (Wildman–Crippen LogP) is 3.26. The van der Waals surface area contributed by atoms with Crippen molar-refractivity contribution in [1.82, 2.24) is 0 Å². The fourth-order valence-corrected chi connectivity index (χ4v) is 3.03. The average molecular weight is 357 g/mol. The molecule has 0 aromatic heterocycles. The van der Waals surface area contributed by atoms with Gasteiger partial charge in [0.1, 0.15) is 5.82 Å². The van der Waals surface area contributed by atoms with E-state index in [1.54, 1.807) is 7.05 Å². The molecule has 5 nitrogen and oxygen atoms in total. The van der Waals surface area contributed by atoms with E-state index in [0.29, 0.717) is 5.69 Å². The van der Waals surface area contributed by atoms with Crippen molar-refractivity contribution in [2.75, 3.05) is 16.7 Å². The van der Waals surface area contributed by atoms with Crippen LogP contribution in [-0.4, -0.2) is 21.4 Å². The summed E-state index contributed by atoms with van der Waals surface area (Å²) in [7, 11) is -2.25. The lowest BCUT2D eigenvalue weighted by Crippen LogP contribution is -2.22. The molecule has 0 aliphatic rings. The van der Waals surface area contributed by atoms with Crippen LogP contribution >= 0.6 is 11.6 Å². The highest BCUT2D eigenvalue weighted by Gasteiger charge is 2.16. The summed E-state index contributed by atoms with van der Waals surface area (Å²) in [6.45, 7) is 1.41. The molecule has 0 unspecified atom stereocenters. The quantitative estimate of drug-likeness (QED) is 0.914. The Labute approximate surface area is 138 Å². The van der Waals surface area contributed by atoms with E-state index in [4.69, 9.17) is 11.6 Å². The summed E-state index contributed by atoms with van der Waals surface area (Å²) >= 11 is 5.63. The average Bonchev–Trinajstić information content (AvgIpc) is 2.50. The van der Waals surface area contributed by atoms with E-state index in [0.717, 1.165) is 6.07 Å². The largest absolute Gasteiger partial charge is 0.316 e. The van der Waals surface area contributed by atoms with Gasteiger partial charge in [0.25, 0.3) is 10.0 Å². The van der Waals surface area contributed by atoms with Gasteiger partial charge in [0.05, 0.1) is 15.6 Å². The molecule has 2 aromatic rings. The molecule has 0 aliphatic heterocycles. The molecule has 0 spiro atoms. The number of halogens is 2. The Balaban J connectivity index is 2.25. The van der Waals surface area contributed by atoms with Crippen LogP contribution in [0.15, 0.2) is 47.4 Å². The zero-order valence-corrected chi connectivity index (χ0v) is 14.0. The minimum atomic E-state index is -3.84. The van der Waals surface area contributed by atoms with Crippen molar-refractivity contribution in [2.24, 2.45) is 0 Å². The molecule has 8 heteroatoms. The lowest BCUT2D eigenvalue weighted by Gasteiger charge is -2.15.